The van der Waals surface area contributed by atoms with Crippen LogP contribution in [-0.2, 0) is 79.2 Å². The van der Waals surface area contributed by atoms with Gasteiger partial charge in [-0.05, 0) is 0 Å². The molecule has 0 unspecified atom stereocenters. The molecule has 0 spiro atoms. The Morgan fingerprint density at radius 1 is 0.741 bits per heavy atom. The van der Waals surface area contributed by atoms with Crippen LogP contribution in [-0.4, -0.2) is 74.1 Å². The monoisotopic (exact) mass is 840 g/mol. The van der Waals surface area contributed by atoms with Crippen LogP contribution in [0.3, 0.4) is 0 Å². The molecule has 10 nitrogen and oxygen atoms in total. The molecule has 162 valence electrons. The SMILES string of the molecule is C=O.C=O.C=O.C=O.C=O.C=O.O=C([O-])CSCCS[C@@H](Br)C(=O)[O-].[Re].[Re]. The van der Waals surface area contributed by atoms with Gasteiger partial charge in [-0.15, -0.1) is 11.8 Å². The van der Waals surface area contributed by atoms with Gasteiger partial charge in [0.2, 0.25) is 0 Å². The third-order valence-corrected chi connectivity index (χ3v) is 4.18. The van der Waals surface area contributed by atoms with E-state index in [0.717, 1.165) is 11.8 Å². The molecule has 0 aliphatic heterocycles. The van der Waals surface area contributed by atoms with E-state index in [1.807, 2.05) is 40.7 Å². The molecular weight excluding hydrogens is 821 g/mol. The first-order valence-electron chi connectivity index (χ1n) is 5.01. The molecule has 0 N–H and O–H groups in total. The predicted octanol–water partition coefficient (Wildman–Crippen LogP) is -2.44. The van der Waals surface area contributed by atoms with Gasteiger partial charge in [-0.25, -0.2) is 0 Å². The van der Waals surface area contributed by atoms with E-state index in [0.29, 0.717) is 11.5 Å². The molecule has 0 rings (SSSR count). The molecule has 1 atom stereocenters. The summed E-state index contributed by atoms with van der Waals surface area (Å²) in [4.78, 5) is 68.1. The van der Waals surface area contributed by atoms with E-state index in [2.05, 4.69) is 15.9 Å². The van der Waals surface area contributed by atoms with Crippen molar-refractivity contribution >= 4 is 92.1 Å². The Kier molecular flexibility index (Phi) is 175. The Morgan fingerprint density at radius 2 is 1.04 bits per heavy atom. The van der Waals surface area contributed by atoms with Crippen molar-refractivity contribution in [2.24, 2.45) is 0 Å². The van der Waals surface area contributed by atoms with Gasteiger partial charge >= 0.3 is 0 Å². The molecule has 0 aromatic heterocycles. The Morgan fingerprint density at radius 3 is 1.26 bits per heavy atom. The van der Waals surface area contributed by atoms with Crippen molar-refractivity contribution in [3.8, 4) is 0 Å². The van der Waals surface area contributed by atoms with Gasteiger partial charge in [-0.2, -0.15) is 11.8 Å². The maximum Gasteiger partial charge on any atom is 0.106 e. The standard InChI is InChI=1S/C6H9BrO4S2.6CH2O.2Re/c7-5(6(10)11)13-2-1-12-3-4(8)9;6*1-2;;/h5H,1-3H2,(H,8,9)(H,10,11);6*1H2;;/p-2/t5-;;;;;;;;/m1......../s1. The van der Waals surface area contributed by atoms with Crippen LogP contribution in [0.1, 0.15) is 0 Å². The number of carboxylic acids is 2. The Labute approximate surface area is 201 Å². The number of hydrogen-bond acceptors (Lipinski definition) is 12. The van der Waals surface area contributed by atoms with E-state index >= 15 is 0 Å². The summed E-state index contributed by atoms with van der Waals surface area (Å²) in [6, 6.07) is 0. The summed E-state index contributed by atoms with van der Waals surface area (Å²) in [6.45, 7) is 12.0. The van der Waals surface area contributed by atoms with E-state index in [1.165, 1.54) is 11.8 Å². The third kappa shape index (κ3) is 107. The second kappa shape index (κ2) is 84.1. The molecule has 0 saturated carbocycles. The van der Waals surface area contributed by atoms with Crippen molar-refractivity contribution in [3.05, 3.63) is 0 Å². The predicted molar refractivity (Wildman–Crippen MR) is 95.2 cm³/mol. The molecule has 15 heteroatoms. The van der Waals surface area contributed by atoms with Gasteiger partial charge in [-0.3, -0.25) is 0 Å². The first-order chi connectivity index (χ1) is 12.0. The van der Waals surface area contributed by atoms with Crippen molar-refractivity contribution in [3.63, 3.8) is 0 Å². The largest absolute Gasteiger partial charge is 0.549 e. The van der Waals surface area contributed by atoms with Crippen LogP contribution >= 0.6 is 39.5 Å². The summed E-state index contributed by atoms with van der Waals surface area (Å²) < 4.78 is -0.726. The molecule has 0 bridgehead atoms. The number of carbonyl (C=O) groups is 8. The van der Waals surface area contributed by atoms with Gasteiger partial charge in [0, 0.05) is 58.1 Å². The number of carboxylic acid groups (broad SMARTS) is 2. The molecule has 0 fully saturated rings. The fraction of sp³-hybridized carbons (Fsp3) is 0.333. The number of aliphatic carboxylic acids is 2. The molecule has 0 aromatic carbocycles. The quantitative estimate of drug-likeness (QED) is 0.196. The van der Waals surface area contributed by atoms with Crippen LogP contribution in [0, 0.1) is 0 Å². The van der Waals surface area contributed by atoms with Gasteiger partial charge in [0.05, 0.1) is 16.1 Å². The van der Waals surface area contributed by atoms with Crippen molar-refractivity contribution in [2.75, 3.05) is 17.3 Å². The van der Waals surface area contributed by atoms with Gasteiger partial charge < -0.3 is 48.6 Å². The molecular formula is C12H19BrO10Re2S2-2. The van der Waals surface area contributed by atoms with Crippen LogP contribution < -0.4 is 10.2 Å². The first-order valence-corrected chi connectivity index (χ1v) is 8.13. The maximum atomic E-state index is 10.2. The average molecular weight is 840 g/mol. The molecule has 0 aliphatic carbocycles. The van der Waals surface area contributed by atoms with Gasteiger partial charge in [0.15, 0.2) is 0 Å². The van der Waals surface area contributed by atoms with E-state index in [9.17, 15) is 19.8 Å². The van der Waals surface area contributed by atoms with Crippen LogP contribution in [0.2, 0.25) is 0 Å². The van der Waals surface area contributed by atoms with E-state index in [-0.39, 0.29) is 46.6 Å². The maximum absolute atomic E-state index is 10.2. The van der Waals surface area contributed by atoms with Gasteiger partial charge in [-0.1, -0.05) is 15.9 Å². The summed E-state index contributed by atoms with van der Waals surface area (Å²) in [6.07, 6.45) is 0. The molecule has 0 amide bonds. The van der Waals surface area contributed by atoms with Gasteiger partial charge in [0.25, 0.3) is 0 Å². The Balaban J connectivity index is -0.0000000282. The summed E-state index contributed by atoms with van der Waals surface area (Å²) >= 11 is 5.24. The summed E-state index contributed by atoms with van der Waals surface area (Å²) in [5.41, 5.74) is 0. The minimum Gasteiger partial charge on any atom is -0.549 e. The summed E-state index contributed by atoms with van der Waals surface area (Å²) in [5.74, 6) is -1.20. The van der Waals surface area contributed by atoms with Crippen molar-refractivity contribution < 1.29 is 89.4 Å². The summed E-state index contributed by atoms with van der Waals surface area (Å²) in [5, 5.41) is 20.1. The topological polar surface area (TPSA) is 183 Å². The fourth-order valence-corrected chi connectivity index (χ4v) is 2.51. The normalized spacial score (nSPS) is 6.85. The Bertz CT molecular complexity index is 269. The van der Waals surface area contributed by atoms with E-state index < -0.39 is 16.1 Å². The number of halogens is 1. The number of carbonyl (C=O) groups excluding carboxylic acids is 8. The molecule has 0 heterocycles. The number of rotatable bonds is 7. The average Bonchev–Trinajstić information content (AvgIpc) is 2.70. The van der Waals surface area contributed by atoms with Crippen molar-refractivity contribution in [1.82, 2.24) is 0 Å². The molecule has 2 radical (unpaired) electrons. The molecule has 0 saturated heterocycles. The molecule has 27 heavy (non-hydrogen) atoms. The zero-order valence-electron chi connectivity index (χ0n) is 14.0. The summed E-state index contributed by atoms with van der Waals surface area (Å²) in [7, 11) is 0. The van der Waals surface area contributed by atoms with Crippen molar-refractivity contribution in [1.29, 1.82) is 0 Å². The van der Waals surface area contributed by atoms with Gasteiger partial charge in [0.1, 0.15) is 40.7 Å². The first kappa shape index (κ1) is 56.3. The number of thioether (sulfide) groups is 2. The van der Waals surface area contributed by atoms with Crippen molar-refractivity contribution in [2.45, 2.75) is 4.16 Å². The zero-order valence-corrected chi connectivity index (χ0v) is 22.6. The minimum absolute atomic E-state index is 0. The molecule has 0 aromatic rings. The fourth-order valence-electron chi connectivity index (χ4n) is 0.434. The number of hydrogen-bond donors (Lipinski definition) is 0. The second-order valence-corrected chi connectivity index (χ2v) is 5.77. The van der Waals surface area contributed by atoms with Crippen LogP contribution in [0.25, 0.3) is 0 Å². The van der Waals surface area contributed by atoms with E-state index in [4.69, 9.17) is 28.8 Å². The zero-order chi connectivity index (χ0) is 22.3. The third-order valence-electron chi connectivity index (χ3n) is 0.897. The van der Waals surface area contributed by atoms with Crippen LogP contribution in [0.15, 0.2) is 0 Å². The van der Waals surface area contributed by atoms with Crippen LogP contribution in [0.4, 0.5) is 0 Å². The smallest absolute Gasteiger partial charge is 0.106 e. The van der Waals surface area contributed by atoms with Crippen LogP contribution in [0.5, 0.6) is 0 Å². The molecule has 0 aliphatic rings. The minimum atomic E-state index is -1.17. The van der Waals surface area contributed by atoms with E-state index in [1.54, 1.807) is 0 Å². The number of alkyl halides is 1. The Hall–Kier alpha value is -0.535. The second-order valence-electron chi connectivity index (χ2n) is 1.93.